The van der Waals surface area contributed by atoms with Crippen LogP contribution in [0.15, 0.2) is 30.5 Å². The molecule has 27 heavy (non-hydrogen) atoms. The molecular weight excluding hydrogens is 357 g/mol. The molecule has 7 heteroatoms. The van der Waals surface area contributed by atoms with Gasteiger partial charge in [0.25, 0.3) is 0 Å². The maximum atomic E-state index is 12.9. The fraction of sp³-hybridized carbons (Fsp3) is 0.550. The van der Waals surface area contributed by atoms with Crippen LogP contribution in [0.5, 0.6) is 0 Å². The van der Waals surface area contributed by atoms with Crippen LogP contribution in [-0.2, 0) is 15.7 Å². The van der Waals surface area contributed by atoms with Crippen molar-refractivity contribution in [2.75, 3.05) is 31.2 Å². The van der Waals surface area contributed by atoms with Crippen LogP contribution in [0.4, 0.5) is 18.9 Å². The van der Waals surface area contributed by atoms with Crippen molar-refractivity contribution < 1.29 is 22.6 Å². The smallest absolute Gasteiger partial charge is 0.381 e. The number of aromatic nitrogens is 1. The van der Waals surface area contributed by atoms with E-state index in [1.165, 1.54) is 6.07 Å². The van der Waals surface area contributed by atoms with E-state index in [1.807, 2.05) is 6.07 Å². The van der Waals surface area contributed by atoms with Crippen LogP contribution in [0, 0.1) is 0 Å². The van der Waals surface area contributed by atoms with Gasteiger partial charge in [0.15, 0.2) is 0 Å². The van der Waals surface area contributed by atoms with E-state index in [0.29, 0.717) is 5.52 Å². The zero-order valence-electron chi connectivity index (χ0n) is 15.0. The Morgan fingerprint density at radius 3 is 2.41 bits per heavy atom. The summed E-state index contributed by atoms with van der Waals surface area (Å²) in [6.07, 6.45) is 1.51. The van der Waals surface area contributed by atoms with Crippen molar-refractivity contribution in [2.24, 2.45) is 0 Å². The first kappa shape index (κ1) is 18.5. The number of ether oxygens (including phenoxy) is 2. The molecule has 146 valence electrons. The molecule has 0 atom stereocenters. The summed E-state index contributed by atoms with van der Waals surface area (Å²) in [7, 11) is 0. The molecule has 4 nitrogen and oxygen atoms in total. The number of benzene rings is 1. The first-order valence-corrected chi connectivity index (χ1v) is 9.45. The highest BCUT2D eigenvalue weighted by Crippen LogP contribution is 2.34. The molecule has 2 aliphatic rings. The SMILES string of the molecule is FC(F)(F)c1ccc2c(N3CCC(OC4CCOCC4)CC3)ccnc2c1. The number of rotatable bonds is 3. The normalized spacial score (nSPS) is 20.3. The number of piperidine rings is 1. The van der Waals surface area contributed by atoms with Gasteiger partial charge in [0, 0.05) is 43.6 Å². The molecular formula is C20H23F3N2O2. The van der Waals surface area contributed by atoms with E-state index >= 15 is 0 Å². The van der Waals surface area contributed by atoms with Crippen molar-refractivity contribution in [3.63, 3.8) is 0 Å². The molecule has 2 fully saturated rings. The van der Waals surface area contributed by atoms with Gasteiger partial charge in [-0.3, -0.25) is 4.98 Å². The largest absolute Gasteiger partial charge is 0.416 e. The molecule has 0 saturated carbocycles. The summed E-state index contributed by atoms with van der Waals surface area (Å²) in [4.78, 5) is 6.36. The molecule has 1 aromatic heterocycles. The van der Waals surface area contributed by atoms with Gasteiger partial charge in [0.2, 0.25) is 0 Å². The number of hydrogen-bond acceptors (Lipinski definition) is 4. The van der Waals surface area contributed by atoms with Crippen molar-refractivity contribution in [1.29, 1.82) is 0 Å². The first-order chi connectivity index (χ1) is 13.0. The molecule has 0 radical (unpaired) electrons. The molecule has 2 saturated heterocycles. The van der Waals surface area contributed by atoms with Gasteiger partial charge in [-0.2, -0.15) is 13.2 Å². The van der Waals surface area contributed by atoms with Gasteiger partial charge in [0.05, 0.1) is 23.3 Å². The van der Waals surface area contributed by atoms with E-state index in [1.54, 1.807) is 6.20 Å². The Morgan fingerprint density at radius 1 is 1.00 bits per heavy atom. The fourth-order valence-corrected chi connectivity index (χ4v) is 3.90. The first-order valence-electron chi connectivity index (χ1n) is 9.45. The van der Waals surface area contributed by atoms with Gasteiger partial charge in [-0.1, -0.05) is 6.07 Å². The molecule has 3 heterocycles. The Hall–Kier alpha value is -1.86. The summed E-state index contributed by atoms with van der Waals surface area (Å²) in [5.74, 6) is 0. The lowest BCUT2D eigenvalue weighted by Crippen LogP contribution is -2.39. The molecule has 1 aromatic carbocycles. The molecule has 0 bridgehead atoms. The van der Waals surface area contributed by atoms with E-state index in [0.717, 1.165) is 75.2 Å². The van der Waals surface area contributed by atoms with Crippen molar-refractivity contribution in [2.45, 2.75) is 44.1 Å². The third-order valence-corrected chi connectivity index (χ3v) is 5.38. The third kappa shape index (κ3) is 4.19. The molecule has 2 aliphatic heterocycles. The van der Waals surface area contributed by atoms with Crippen molar-refractivity contribution in [3.05, 3.63) is 36.0 Å². The second-order valence-corrected chi connectivity index (χ2v) is 7.19. The molecule has 0 spiro atoms. The Balaban J connectivity index is 1.45. The van der Waals surface area contributed by atoms with Crippen LogP contribution in [0.3, 0.4) is 0 Å². The Morgan fingerprint density at radius 2 is 1.70 bits per heavy atom. The number of fused-ring (bicyclic) bond motifs is 1. The number of pyridine rings is 1. The van der Waals surface area contributed by atoms with Gasteiger partial charge >= 0.3 is 6.18 Å². The topological polar surface area (TPSA) is 34.6 Å². The van der Waals surface area contributed by atoms with E-state index < -0.39 is 11.7 Å². The third-order valence-electron chi connectivity index (χ3n) is 5.38. The van der Waals surface area contributed by atoms with E-state index in [4.69, 9.17) is 9.47 Å². The zero-order valence-corrected chi connectivity index (χ0v) is 15.0. The number of anilines is 1. The quantitative estimate of drug-likeness (QED) is 0.790. The van der Waals surface area contributed by atoms with Crippen LogP contribution in [0.25, 0.3) is 10.9 Å². The zero-order chi connectivity index (χ0) is 18.9. The molecule has 2 aromatic rings. The highest BCUT2D eigenvalue weighted by molar-refractivity contribution is 5.92. The van der Waals surface area contributed by atoms with Gasteiger partial charge in [-0.25, -0.2) is 0 Å². The lowest BCUT2D eigenvalue weighted by molar-refractivity contribution is -0.137. The number of halogens is 3. The van der Waals surface area contributed by atoms with Gasteiger partial charge in [-0.15, -0.1) is 0 Å². The van der Waals surface area contributed by atoms with Gasteiger partial charge in [0.1, 0.15) is 0 Å². The molecule has 0 aliphatic carbocycles. The summed E-state index contributed by atoms with van der Waals surface area (Å²) in [5.41, 5.74) is 0.657. The molecule has 0 N–H and O–H groups in total. The maximum absolute atomic E-state index is 12.9. The van der Waals surface area contributed by atoms with Crippen molar-refractivity contribution >= 4 is 16.6 Å². The maximum Gasteiger partial charge on any atom is 0.416 e. The summed E-state index contributed by atoms with van der Waals surface area (Å²) < 4.78 is 50.4. The van der Waals surface area contributed by atoms with Crippen LogP contribution in [-0.4, -0.2) is 43.5 Å². The van der Waals surface area contributed by atoms with Gasteiger partial charge < -0.3 is 14.4 Å². The predicted octanol–water partition coefficient (Wildman–Crippen LogP) is 4.42. The van der Waals surface area contributed by atoms with Crippen LogP contribution < -0.4 is 4.90 Å². The number of nitrogens with zero attached hydrogens (tertiary/aromatic N) is 2. The minimum Gasteiger partial charge on any atom is -0.381 e. The van der Waals surface area contributed by atoms with E-state index in [9.17, 15) is 13.2 Å². The molecule has 4 rings (SSSR count). The monoisotopic (exact) mass is 380 g/mol. The van der Waals surface area contributed by atoms with Crippen molar-refractivity contribution in [1.82, 2.24) is 4.98 Å². The Bertz CT molecular complexity index is 782. The Labute approximate surface area is 156 Å². The Kier molecular flexibility index (Phi) is 5.23. The lowest BCUT2D eigenvalue weighted by atomic mass is 10.0. The average molecular weight is 380 g/mol. The van der Waals surface area contributed by atoms with Gasteiger partial charge in [-0.05, 0) is 43.9 Å². The number of alkyl halides is 3. The summed E-state index contributed by atoms with van der Waals surface area (Å²) in [6.45, 7) is 3.20. The summed E-state index contributed by atoms with van der Waals surface area (Å²) in [5, 5.41) is 0.759. The van der Waals surface area contributed by atoms with Crippen molar-refractivity contribution in [3.8, 4) is 0 Å². The summed E-state index contributed by atoms with van der Waals surface area (Å²) >= 11 is 0. The second kappa shape index (κ2) is 7.64. The van der Waals surface area contributed by atoms with Crippen LogP contribution in [0.2, 0.25) is 0 Å². The molecule has 0 unspecified atom stereocenters. The fourth-order valence-electron chi connectivity index (χ4n) is 3.90. The lowest BCUT2D eigenvalue weighted by Gasteiger charge is -2.36. The minimum atomic E-state index is -4.36. The van der Waals surface area contributed by atoms with Crippen LogP contribution >= 0.6 is 0 Å². The summed E-state index contributed by atoms with van der Waals surface area (Å²) in [6, 6.07) is 5.68. The standard InChI is InChI=1S/C20H23F3N2O2/c21-20(22,23)14-1-2-17-18(13-14)24-8-3-19(17)25-9-4-15(5-10-25)27-16-6-11-26-12-7-16/h1-3,8,13,15-16H,4-7,9-12H2. The van der Waals surface area contributed by atoms with E-state index in [2.05, 4.69) is 9.88 Å². The highest BCUT2D eigenvalue weighted by Gasteiger charge is 2.31. The van der Waals surface area contributed by atoms with Crippen LogP contribution in [0.1, 0.15) is 31.2 Å². The second-order valence-electron chi connectivity index (χ2n) is 7.19. The number of hydrogen-bond donors (Lipinski definition) is 0. The average Bonchev–Trinajstić information content (AvgIpc) is 2.68. The van der Waals surface area contributed by atoms with E-state index in [-0.39, 0.29) is 12.2 Å². The predicted molar refractivity (Wildman–Crippen MR) is 96.9 cm³/mol. The highest BCUT2D eigenvalue weighted by atomic mass is 19.4. The molecule has 0 amide bonds. The minimum absolute atomic E-state index is 0.245.